The molecule has 122 valence electrons. The molecule has 21 heavy (non-hydrogen) atoms. The Bertz CT molecular complexity index is 373. The third kappa shape index (κ3) is 6.77. The zero-order chi connectivity index (χ0) is 16.0. The largest absolute Gasteiger partial charge is 0.481 e. The Balaban J connectivity index is 2.34. The van der Waals surface area contributed by atoms with Crippen molar-refractivity contribution in [1.82, 2.24) is 20.4 Å². The number of carbonyl (C=O) groups is 2. The lowest BCUT2D eigenvalue weighted by Gasteiger charge is -2.38. The number of carboxylic acid groups (broad SMARTS) is 1. The van der Waals surface area contributed by atoms with Gasteiger partial charge in [0.1, 0.15) is 0 Å². The first kappa shape index (κ1) is 17.7. The van der Waals surface area contributed by atoms with E-state index in [0.29, 0.717) is 19.0 Å². The summed E-state index contributed by atoms with van der Waals surface area (Å²) in [6.07, 6.45) is 0.450. The van der Waals surface area contributed by atoms with Gasteiger partial charge in [-0.05, 0) is 34.4 Å². The van der Waals surface area contributed by atoms with Crippen molar-refractivity contribution in [2.75, 3.05) is 40.3 Å². The van der Waals surface area contributed by atoms with Crippen LogP contribution in [0.3, 0.4) is 0 Å². The Morgan fingerprint density at radius 3 is 2.57 bits per heavy atom. The molecule has 0 aliphatic carbocycles. The standard InChI is InChI=1S/C14H28N4O3/c1-14(2,6-5-12(19)20)16-13(21)15-9-11-10-17(3)7-8-18(11)4/h11H,5-10H2,1-4H3,(H,19,20)(H2,15,16,21). The Morgan fingerprint density at radius 2 is 1.95 bits per heavy atom. The fraction of sp³-hybridized carbons (Fsp3) is 0.857. The maximum atomic E-state index is 11.9. The van der Waals surface area contributed by atoms with Gasteiger partial charge in [-0.2, -0.15) is 0 Å². The highest BCUT2D eigenvalue weighted by Gasteiger charge is 2.24. The molecular weight excluding hydrogens is 272 g/mol. The summed E-state index contributed by atoms with van der Waals surface area (Å²) in [5.74, 6) is -0.850. The predicted octanol–water partition coefficient (Wildman–Crippen LogP) is 0.175. The molecule has 1 aliphatic heterocycles. The van der Waals surface area contributed by atoms with Gasteiger partial charge in [-0.3, -0.25) is 9.69 Å². The summed E-state index contributed by atoms with van der Waals surface area (Å²) in [4.78, 5) is 27.0. The summed E-state index contributed by atoms with van der Waals surface area (Å²) in [6.45, 7) is 7.21. The van der Waals surface area contributed by atoms with E-state index in [9.17, 15) is 9.59 Å². The zero-order valence-electron chi connectivity index (χ0n) is 13.5. The third-order valence-electron chi connectivity index (χ3n) is 3.89. The molecule has 0 radical (unpaired) electrons. The number of nitrogens with one attached hydrogen (secondary N) is 2. The topological polar surface area (TPSA) is 84.9 Å². The third-order valence-corrected chi connectivity index (χ3v) is 3.89. The Labute approximate surface area is 126 Å². The van der Waals surface area contributed by atoms with E-state index in [1.54, 1.807) is 0 Å². The highest BCUT2D eigenvalue weighted by atomic mass is 16.4. The molecule has 1 aliphatic rings. The van der Waals surface area contributed by atoms with Crippen LogP contribution in [-0.4, -0.2) is 78.8 Å². The quantitative estimate of drug-likeness (QED) is 0.651. The van der Waals surface area contributed by atoms with E-state index in [4.69, 9.17) is 5.11 Å². The maximum absolute atomic E-state index is 11.9. The van der Waals surface area contributed by atoms with Crippen LogP contribution in [0, 0.1) is 0 Å². The Hall–Kier alpha value is -1.34. The minimum absolute atomic E-state index is 0.0451. The highest BCUT2D eigenvalue weighted by molar-refractivity contribution is 5.75. The Kier molecular flexibility index (Phi) is 6.42. The zero-order valence-corrected chi connectivity index (χ0v) is 13.5. The lowest BCUT2D eigenvalue weighted by atomic mass is 9.99. The van der Waals surface area contributed by atoms with E-state index in [0.717, 1.165) is 19.6 Å². The SMILES string of the molecule is CN1CCN(C)C(CNC(=O)NC(C)(C)CCC(=O)O)C1. The van der Waals surface area contributed by atoms with Crippen LogP contribution in [0.4, 0.5) is 4.79 Å². The van der Waals surface area contributed by atoms with Crippen LogP contribution in [0.5, 0.6) is 0 Å². The summed E-state index contributed by atoms with van der Waals surface area (Å²) in [5, 5.41) is 14.4. The minimum atomic E-state index is -0.850. The summed E-state index contributed by atoms with van der Waals surface area (Å²) in [6, 6.07) is 0.0589. The van der Waals surface area contributed by atoms with Gasteiger partial charge in [0.05, 0.1) is 0 Å². The number of carboxylic acids is 1. The molecule has 0 saturated carbocycles. The first-order chi connectivity index (χ1) is 9.69. The number of urea groups is 1. The molecular formula is C14H28N4O3. The van der Waals surface area contributed by atoms with Crippen LogP contribution in [0.15, 0.2) is 0 Å². The van der Waals surface area contributed by atoms with Crippen molar-refractivity contribution in [3.05, 3.63) is 0 Å². The molecule has 0 spiro atoms. The highest BCUT2D eigenvalue weighted by Crippen LogP contribution is 2.11. The molecule has 2 amide bonds. The van der Waals surface area contributed by atoms with Gasteiger partial charge in [0.15, 0.2) is 0 Å². The number of amides is 2. The second-order valence-electron chi connectivity index (χ2n) is 6.51. The van der Waals surface area contributed by atoms with Gasteiger partial charge < -0.3 is 20.6 Å². The summed E-state index contributed by atoms with van der Waals surface area (Å²) in [7, 11) is 4.14. The van der Waals surface area contributed by atoms with Crippen molar-refractivity contribution in [3.8, 4) is 0 Å². The normalized spacial score (nSPS) is 21.0. The summed E-state index contributed by atoms with van der Waals surface area (Å²) < 4.78 is 0. The molecule has 0 aromatic carbocycles. The maximum Gasteiger partial charge on any atom is 0.315 e. The first-order valence-electron chi connectivity index (χ1n) is 7.36. The van der Waals surface area contributed by atoms with Crippen molar-refractivity contribution in [1.29, 1.82) is 0 Å². The lowest BCUT2D eigenvalue weighted by Crippen LogP contribution is -2.56. The van der Waals surface area contributed by atoms with Gasteiger partial charge in [-0.1, -0.05) is 0 Å². The van der Waals surface area contributed by atoms with Crippen LogP contribution in [-0.2, 0) is 4.79 Å². The van der Waals surface area contributed by atoms with Crippen LogP contribution in [0.2, 0.25) is 0 Å². The van der Waals surface area contributed by atoms with Crippen LogP contribution in [0.25, 0.3) is 0 Å². The van der Waals surface area contributed by atoms with E-state index in [-0.39, 0.29) is 12.5 Å². The van der Waals surface area contributed by atoms with Gasteiger partial charge in [0.2, 0.25) is 0 Å². The molecule has 1 saturated heterocycles. The fourth-order valence-corrected chi connectivity index (χ4v) is 2.37. The van der Waals surface area contributed by atoms with Crippen LogP contribution in [0.1, 0.15) is 26.7 Å². The van der Waals surface area contributed by atoms with Crippen LogP contribution >= 0.6 is 0 Å². The minimum Gasteiger partial charge on any atom is -0.481 e. The van der Waals surface area contributed by atoms with Crippen LogP contribution < -0.4 is 10.6 Å². The van der Waals surface area contributed by atoms with Crippen molar-refractivity contribution in [2.24, 2.45) is 0 Å². The molecule has 0 aromatic rings. The number of hydrogen-bond acceptors (Lipinski definition) is 4. The molecule has 7 nitrogen and oxygen atoms in total. The first-order valence-corrected chi connectivity index (χ1v) is 7.36. The molecule has 1 atom stereocenters. The number of carbonyl (C=O) groups excluding carboxylic acids is 1. The molecule has 0 aromatic heterocycles. The molecule has 7 heteroatoms. The van der Waals surface area contributed by atoms with Gasteiger partial charge >= 0.3 is 12.0 Å². The molecule has 1 fully saturated rings. The van der Waals surface area contributed by atoms with Crippen molar-refractivity contribution >= 4 is 12.0 Å². The second kappa shape index (κ2) is 7.61. The molecule has 1 heterocycles. The van der Waals surface area contributed by atoms with Crippen molar-refractivity contribution in [2.45, 2.75) is 38.3 Å². The summed E-state index contributed by atoms with van der Waals surface area (Å²) in [5.41, 5.74) is -0.530. The van der Waals surface area contributed by atoms with Gasteiger partial charge in [-0.15, -0.1) is 0 Å². The summed E-state index contributed by atoms with van der Waals surface area (Å²) >= 11 is 0. The van der Waals surface area contributed by atoms with Gasteiger partial charge in [-0.25, -0.2) is 4.79 Å². The van der Waals surface area contributed by atoms with E-state index >= 15 is 0 Å². The number of rotatable bonds is 6. The van der Waals surface area contributed by atoms with E-state index < -0.39 is 11.5 Å². The number of hydrogen-bond donors (Lipinski definition) is 3. The molecule has 1 rings (SSSR count). The number of nitrogens with zero attached hydrogens (tertiary/aromatic N) is 2. The fourth-order valence-electron chi connectivity index (χ4n) is 2.37. The number of piperazine rings is 1. The lowest BCUT2D eigenvalue weighted by molar-refractivity contribution is -0.137. The monoisotopic (exact) mass is 300 g/mol. The number of likely N-dealkylation sites (N-methyl/N-ethyl adjacent to an activating group) is 2. The van der Waals surface area contributed by atoms with Gasteiger partial charge in [0.25, 0.3) is 0 Å². The molecule has 0 bridgehead atoms. The van der Waals surface area contributed by atoms with Crippen molar-refractivity contribution in [3.63, 3.8) is 0 Å². The average molecular weight is 300 g/mol. The second-order valence-corrected chi connectivity index (χ2v) is 6.51. The van der Waals surface area contributed by atoms with E-state index in [1.807, 2.05) is 13.8 Å². The molecule has 3 N–H and O–H groups in total. The average Bonchev–Trinajstić information content (AvgIpc) is 2.37. The van der Waals surface area contributed by atoms with Crippen molar-refractivity contribution < 1.29 is 14.7 Å². The number of aliphatic carboxylic acids is 1. The Morgan fingerprint density at radius 1 is 1.29 bits per heavy atom. The predicted molar refractivity (Wildman–Crippen MR) is 81.4 cm³/mol. The van der Waals surface area contributed by atoms with E-state index in [2.05, 4.69) is 34.5 Å². The van der Waals surface area contributed by atoms with E-state index in [1.165, 1.54) is 0 Å². The molecule has 1 unspecified atom stereocenters. The van der Waals surface area contributed by atoms with Gasteiger partial charge in [0, 0.05) is 44.2 Å². The smallest absolute Gasteiger partial charge is 0.315 e.